The molecule has 3 rings (SSSR count). The lowest BCUT2D eigenvalue weighted by Gasteiger charge is -2.14. The van der Waals surface area contributed by atoms with Gasteiger partial charge in [0.1, 0.15) is 11.9 Å². The summed E-state index contributed by atoms with van der Waals surface area (Å²) >= 11 is 0. The van der Waals surface area contributed by atoms with Crippen molar-refractivity contribution in [3.8, 4) is 17.1 Å². The zero-order chi connectivity index (χ0) is 15.5. The van der Waals surface area contributed by atoms with Crippen LogP contribution >= 0.6 is 0 Å². The lowest BCUT2D eigenvalue weighted by atomic mass is 10.2. The van der Waals surface area contributed by atoms with Gasteiger partial charge in [0.2, 0.25) is 0 Å². The molecule has 1 aromatic heterocycles. The molecule has 0 amide bonds. The van der Waals surface area contributed by atoms with E-state index in [1.165, 1.54) is 0 Å². The van der Waals surface area contributed by atoms with Crippen LogP contribution in [0.1, 0.15) is 5.56 Å². The van der Waals surface area contributed by atoms with Crippen molar-refractivity contribution in [2.75, 3.05) is 20.2 Å². The van der Waals surface area contributed by atoms with Crippen molar-refractivity contribution >= 4 is 0 Å². The van der Waals surface area contributed by atoms with Crippen molar-refractivity contribution in [1.29, 1.82) is 0 Å². The summed E-state index contributed by atoms with van der Waals surface area (Å²) < 4.78 is 18.6. The Morgan fingerprint density at radius 3 is 2.64 bits per heavy atom. The molecule has 22 heavy (non-hydrogen) atoms. The second kappa shape index (κ2) is 6.37. The Morgan fingerprint density at radius 2 is 2.00 bits per heavy atom. The number of β-amino-alcohol motifs (C(OH)–C–C–N with tert-alkyl or cyclic N) is 1. The Labute approximate surface area is 128 Å². The molecule has 1 aliphatic rings. The van der Waals surface area contributed by atoms with Gasteiger partial charge < -0.3 is 9.84 Å². The molecule has 116 valence electrons. The molecular formula is C16H18FN3O2. The van der Waals surface area contributed by atoms with Crippen LogP contribution in [-0.4, -0.2) is 52.4 Å². The zero-order valence-corrected chi connectivity index (χ0v) is 12.3. The topological polar surface area (TPSA) is 58.5 Å². The molecule has 1 saturated heterocycles. The van der Waals surface area contributed by atoms with E-state index in [4.69, 9.17) is 4.74 Å². The van der Waals surface area contributed by atoms with Gasteiger partial charge in [-0.2, -0.15) is 0 Å². The number of methoxy groups -OCH3 is 1. The molecule has 0 aliphatic carbocycles. The Kier molecular flexibility index (Phi) is 4.31. The van der Waals surface area contributed by atoms with Crippen molar-refractivity contribution < 1.29 is 14.2 Å². The number of aliphatic hydroxyl groups excluding tert-OH is 1. The monoisotopic (exact) mass is 303 g/mol. The number of hydrogen-bond acceptors (Lipinski definition) is 5. The van der Waals surface area contributed by atoms with Crippen LogP contribution in [0.2, 0.25) is 0 Å². The normalized spacial score (nSPS) is 22.0. The first-order valence-electron chi connectivity index (χ1n) is 7.16. The minimum atomic E-state index is -1.17. The number of halogens is 1. The van der Waals surface area contributed by atoms with E-state index in [-0.39, 0.29) is 6.54 Å². The molecule has 0 bridgehead atoms. The number of rotatable bonds is 4. The van der Waals surface area contributed by atoms with Gasteiger partial charge in [-0.25, -0.2) is 14.4 Å². The van der Waals surface area contributed by atoms with Gasteiger partial charge in [-0.05, 0) is 12.1 Å². The molecule has 0 spiro atoms. The number of aromatic nitrogens is 2. The number of ether oxygens (including phenoxy) is 1. The minimum Gasteiger partial charge on any atom is -0.496 e. The summed E-state index contributed by atoms with van der Waals surface area (Å²) in [5.74, 6) is 1.31. The predicted molar refractivity (Wildman–Crippen MR) is 80.2 cm³/mol. The second-order valence-electron chi connectivity index (χ2n) is 5.39. The van der Waals surface area contributed by atoms with E-state index < -0.39 is 12.3 Å². The highest BCUT2D eigenvalue weighted by Gasteiger charge is 2.30. The SMILES string of the molecule is COc1ccccc1-c1ncc(CN2C[C@@H](O)[C@H](F)C2)cn1. The molecule has 1 aliphatic heterocycles. The minimum absolute atomic E-state index is 0.245. The van der Waals surface area contributed by atoms with Crippen LogP contribution in [0.5, 0.6) is 5.75 Å². The summed E-state index contributed by atoms with van der Waals surface area (Å²) in [6, 6.07) is 7.56. The first-order chi connectivity index (χ1) is 10.7. The Bertz CT molecular complexity index is 626. The highest BCUT2D eigenvalue weighted by atomic mass is 19.1. The third-order valence-electron chi connectivity index (χ3n) is 3.75. The molecule has 6 heteroatoms. The number of aliphatic hydroxyl groups is 1. The van der Waals surface area contributed by atoms with E-state index in [2.05, 4.69) is 9.97 Å². The van der Waals surface area contributed by atoms with Gasteiger partial charge in [0.15, 0.2) is 5.82 Å². The summed E-state index contributed by atoms with van der Waals surface area (Å²) in [5, 5.41) is 9.43. The van der Waals surface area contributed by atoms with E-state index in [9.17, 15) is 9.50 Å². The van der Waals surface area contributed by atoms with E-state index >= 15 is 0 Å². The summed E-state index contributed by atoms with van der Waals surface area (Å²) in [5.41, 5.74) is 1.72. The van der Waals surface area contributed by atoms with Crippen molar-refractivity contribution in [3.05, 3.63) is 42.2 Å². The highest BCUT2D eigenvalue weighted by molar-refractivity contribution is 5.63. The zero-order valence-electron chi connectivity index (χ0n) is 12.3. The smallest absolute Gasteiger partial charge is 0.162 e. The second-order valence-corrected chi connectivity index (χ2v) is 5.39. The third-order valence-corrected chi connectivity index (χ3v) is 3.75. The highest BCUT2D eigenvalue weighted by Crippen LogP contribution is 2.26. The van der Waals surface area contributed by atoms with Crippen LogP contribution in [0.15, 0.2) is 36.7 Å². The van der Waals surface area contributed by atoms with Crippen LogP contribution < -0.4 is 4.74 Å². The van der Waals surface area contributed by atoms with Crippen LogP contribution in [-0.2, 0) is 6.54 Å². The number of nitrogens with zero attached hydrogens (tertiary/aromatic N) is 3. The van der Waals surface area contributed by atoms with Gasteiger partial charge >= 0.3 is 0 Å². The number of benzene rings is 1. The Morgan fingerprint density at radius 1 is 1.27 bits per heavy atom. The first-order valence-corrected chi connectivity index (χ1v) is 7.16. The van der Waals surface area contributed by atoms with Crippen molar-refractivity contribution in [3.63, 3.8) is 0 Å². The fourth-order valence-corrected chi connectivity index (χ4v) is 2.61. The summed E-state index contributed by atoms with van der Waals surface area (Å²) in [6.07, 6.45) is 1.39. The maximum absolute atomic E-state index is 13.3. The van der Waals surface area contributed by atoms with Crippen molar-refractivity contribution in [2.24, 2.45) is 0 Å². The van der Waals surface area contributed by atoms with Gasteiger partial charge in [0, 0.05) is 37.6 Å². The van der Waals surface area contributed by atoms with E-state index in [0.29, 0.717) is 18.9 Å². The number of para-hydroxylation sites is 1. The Hall–Kier alpha value is -2.05. The van der Waals surface area contributed by atoms with Crippen LogP contribution in [0, 0.1) is 0 Å². The first kappa shape index (κ1) is 14.9. The maximum Gasteiger partial charge on any atom is 0.162 e. The molecule has 5 nitrogen and oxygen atoms in total. The van der Waals surface area contributed by atoms with Gasteiger partial charge in [-0.15, -0.1) is 0 Å². The maximum atomic E-state index is 13.3. The predicted octanol–water partition coefficient (Wildman–Crippen LogP) is 1.67. The average Bonchev–Trinajstić information content (AvgIpc) is 2.86. The molecule has 1 N–H and O–H groups in total. The van der Waals surface area contributed by atoms with Crippen LogP contribution in [0.25, 0.3) is 11.4 Å². The van der Waals surface area contributed by atoms with Crippen LogP contribution in [0.3, 0.4) is 0 Å². The third kappa shape index (κ3) is 3.08. The van der Waals surface area contributed by atoms with E-state index in [1.54, 1.807) is 19.5 Å². The molecule has 1 fully saturated rings. The number of hydrogen-bond donors (Lipinski definition) is 1. The fourth-order valence-electron chi connectivity index (χ4n) is 2.61. The lowest BCUT2D eigenvalue weighted by Crippen LogP contribution is -2.21. The molecule has 2 aromatic rings. The van der Waals surface area contributed by atoms with Gasteiger partial charge in [-0.1, -0.05) is 12.1 Å². The standard InChI is InChI=1S/C16H18FN3O2/c1-22-15-5-3-2-4-12(15)16-18-6-11(7-19-16)8-20-9-13(17)14(21)10-20/h2-7,13-14,21H,8-10H2,1H3/t13-,14-/m1/s1. The molecular weight excluding hydrogens is 285 g/mol. The van der Waals surface area contributed by atoms with Crippen molar-refractivity contribution in [1.82, 2.24) is 14.9 Å². The van der Waals surface area contributed by atoms with Gasteiger partial charge in [0.25, 0.3) is 0 Å². The quantitative estimate of drug-likeness (QED) is 0.931. The number of alkyl halides is 1. The molecule has 2 heterocycles. The average molecular weight is 303 g/mol. The summed E-state index contributed by atoms with van der Waals surface area (Å²) in [4.78, 5) is 10.6. The summed E-state index contributed by atoms with van der Waals surface area (Å²) in [7, 11) is 1.61. The lowest BCUT2D eigenvalue weighted by molar-refractivity contribution is 0.115. The molecule has 0 radical (unpaired) electrons. The fraction of sp³-hybridized carbons (Fsp3) is 0.375. The van der Waals surface area contributed by atoms with Gasteiger partial charge in [0.05, 0.1) is 18.8 Å². The summed E-state index contributed by atoms with van der Waals surface area (Å²) in [6.45, 7) is 1.12. The molecule has 0 saturated carbocycles. The van der Waals surface area contributed by atoms with Crippen LogP contribution in [0.4, 0.5) is 4.39 Å². The molecule has 0 unspecified atom stereocenters. The van der Waals surface area contributed by atoms with E-state index in [0.717, 1.165) is 16.9 Å². The Balaban J connectivity index is 1.73. The molecule has 1 aromatic carbocycles. The van der Waals surface area contributed by atoms with Gasteiger partial charge in [-0.3, -0.25) is 4.90 Å². The molecule has 2 atom stereocenters. The number of likely N-dealkylation sites (tertiary alicyclic amines) is 1. The van der Waals surface area contributed by atoms with E-state index in [1.807, 2.05) is 29.2 Å². The largest absolute Gasteiger partial charge is 0.496 e. The van der Waals surface area contributed by atoms with Crippen molar-refractivity contribution in [2.45, 2.75) is 18.8 Å².